The van der Waals surface area contributed by atoms with Crippen molar-refractivity contribution in [3.63, 3.8) is 0 Å². The maximum Gasteiger partial charge on any atom is 0.131 e. The number of aryl methyl sites for hydroxylation is 2. The minimum absolute atomic E-state index is 0.647. The van der Waals surface area contributed by atoms with E-state index >= 15 is 0 Å². The zero-order valence-corrected chi connectivity index (χ0v) is 13.5. The van der Waals surface area contributed by atoms with Gasteiger partial charge < -0.3 is 0 Å². The quantitative estimate of drug-likeness (QED) is 0.867. The summed E-state index contributed by atoms with van der Waals surface area (Å²) in [4.78, 5) is 14.8. The molecule has 0 spiro atoms. The molecule has 1 saturated carbocycles. The van der Waals surface area contributed by atoms with Gasteiger partial charge in [-0.15, -0.1) is 11.3 Å². The van der Waals surface area contributed by atoms with Gasteiger partial charge >= 0.3 is 0 Å². The van der Waals surface area contributed by atoms with Crippen molar-refractivity contribution in [2.45, 2.75) is 52.1 Å². The Morgan fingerprint density at radius 3 is 2.90 bits per heavy atom. The number of hydrogen-bond acceptors (Lipinski definition) is 4. The van der Waals surface area contributed by atoms with Crippen LogP contribution in [-0.4, -0.2) is 21.4 Å². The molecule has 4 heteroatoms. The molecular weight excluding hydrogens is 278 g/mol. The number of aromatic nitrogens is 2. The summed E-state index contributed by atoms with van der Waals surface area (Å²) in [6, 6.07) is 2.34. The molecule has 0 atom stereocenters. The maximum atomic E-state index is 4.84. The second-order valence-corrected chi connectivity index (χ2v) is 7.73. The zero-order valence-electron chi connectivity index (χ0n) is 12.7. The van der Waals surface area contributed by atoms with Crippen LogP contribution in [0.15, 0.2) is 12.3 Å². The number of hydrogen-bond donors (Lipinski definition) is 0. The minimum Gasteiger partial charge on any atom is -0.292 e. The molecule has 1 fully saturated rings. The number of fused-ring (bicyclic) bond motifs is 1. The predicted octanol–water partition coefficient (Wildman–Crippen LogP) is 3.59. The number of rotatable bonds is 3. The smallest absolute Gasteiger partial charge is 0.131 e. The van der Waals surface area contributed by atoms with Crippen LogP contribution >= 0.6 is 11.3 Å². The van der Waals surface area contributed by atoms with E-state index in [0.717, 1.165) is 31.9 Å². The molecule has 3 nitrogen and oxygen atoms in total. The van der Waals surface area contributed by atoms with E-state index in [9.17, 15) is 0 Å². The molecule has 0 bridgehead atoms. The molecule has 0 radical (unpaired) electrons. The lowest BCUT2D eigenvalue weighted by molar-refractivity contribution is 0.243. The summed E-state index contributed by atoms with van der Waals surface area (Å²) in [7, 11) is 0. The molecule has 2 aromatic rings. The summed E-state index contributed by atoms with van der Waals surface area (Å²) in [5.74, 6) is 1.73. The van der Waals surface area contributed by atoms with Crippen LogP contribution in [0.3, 0.4) is 0 Å². The van der Waals surface area contributed by atoms with Gasteiger partial charge in [-0.2, -0.15) is 0 Å². The average molecular weight is 299 g/mol. The fourth-order valence-electron chi connectivity index (χ4n) is 2.99. The van der Waals surface area contributed by atoms with Crippen molar-refractivity contribution in [2.24, 2.45) is 0 Å². The van der Waals surface area contributed by atoms with Crippen LogP contribution in [-0.2, 0) is 19.5 Å². The van der Waals surface area contributed by atoms with Crippen LogP contribution in [0.4, 0.5) is 0 Å². The van der Waals surface area contributed by atoms with Crippen molar-refractivity contribution in [3.05, 3.63) is 44.7 Å². The summed E-state index contributed by atoms with van der Waals surface area (Å²) in [6.07, 6.45) is 5.71. The van der Waals surface area contributed by atoms with Gasteiger partial charge in [0.2, 0.25) is 0 Å². The van der Waals surface area contributed by atoms with Crippen molar-refractivity contribution in [1.29, 1.82) is 0 Å². The van der Waals surface area contributed by atoms with Crippen molar-refractivity contribution in [1.82, 2.24) is 14.9 Å². The van der Waals surface area contributed by atoms with Crippen LogP contribution in [0.5, 0.6) is 0 Å². The lowest BCUT2D eigenvalue weighted by Gasteiger charge is -2.27. The molecule has 1 aliphatic carbocycles. The molecule has 110 valence electrons. The Labute approximate surface area is 130 Å². The van der Waals surface area contributed by atoms with Crippen molar-refractivity contribution < 1.29 is 0 Å². The highest BCUT2D eigenvalue weighted by atomic mass is 32.1. The molecule has 4 rings (SSSR count). The van der Waals surface area contributed by atoms with Gasteiger partial charge in [-0.1, -0.05) is 0 Å². The summed E-state index contributed by atoms with van der Waals surface area (Å²) in [5.41, 5.74) is 4.04. The SMILES string of the molecule is Cc1cc(CN2CCc3cnc(C4CC4)nc3C2)sc1C. The first-order chi connectivity index (χ1) is 10.2. The molecule has 0 amide bonds. The third-order valence-corrected chi connectivity index (χ3v) is 5.72. The van der Waals surface area contributed by atoms with Gasteiger partial charge in [-0.3, -0.25) is 4.90 Å². The largest absolute Gasteiger partial charge is 0.292 e. The van der Waals surface area contributed by atoms with E-state index in [1.165, 1.54) is 39.4 Å². The topological polar surface area (TPSA) is 29.0 Å². The van der Waals surface area contributed by atoms with Gasteiger partial charge in [0, 0.05) is 41.5 Å². The lowest BCUT2D eigenvalue weighted by Crippen LogP contribution is -2.31. The Balaban J connectivity index is 1.51. The van der Waals surface area contributed by atoms with Gasteiger partial charge in [-0.05, 0) is 50.3 Å². The molecule has 2 aromatic heterocycles. The molecular formula is C17H21N3S. The normalized spacial score (nSPS) is 18.8. The Hall–Kier alpha value is -1.26. The van der Waals surface area contributed by atoms with Crippen LogP contribution < -0.4 is 0 Å². The van der Waals surface area contributed by atoms with Crippen LogP contribution in [0.2, 0.25) is 0 Å². The van der Waals surface area contributed by atoms with Crippen molar-refractivity contribution >= 4 is 11.3 Å². The number of nitrogens with zero attached hydrogens (tertiary/aromatic N) is 3. The molecule has 21 heavy (non-hydrogen) atoms. The molecule has 0 saturated heterocycles. The maximum absolute atomic E-state index is 4.84. The fraction of sp³-hybridized carbons (Fsp3) is 0.529. The lowest BCUT2D eigenvalue weighted by atomic mass is 10.1. The van der Waals surface area contributed by atoms with E-state index in [2.05, 4.69) is 36.0 Å². The number of thiophene rings is 1. The summed E-state index contributed by atoms with van der Waals surface area (Å²) < 4.78 is 0. The molecule has 1 aliphatic heterocycles. The highest BCUT2D eigenvalue weighted by Gasteiger charge is 2.28. The Morgan fingerprint density at radius 2 is 2.19 bits per heavy atom. The van der Waals surface area contributed by atoms with Gasteiger partial charge in [0.25, 0.3) is 0 Å². The minimum atomic E-state index is 0.647. The highest BCUT2D eigenvalue weighted by Crippen LogP contribution is 2.38. The second-order valence-electron chi connectivity index (χ2n) is 6.39. The summed E-state index contributed by atoms with van der Waals surface area (Å²) >= 11 is 1.93. The monoisotopic (exact) mass is 299 g/mol. The standard InChI is InChI=1S/C17H21N3S/c1-11-7-15(21-12(11)2)9-20-6-5-14-8-18-17(13-3-4-13)19-16(14)10-20/h7-8,13H,3-6,9-10H2,1-2H3. The van der Waals surface area contributed by atoms with E-state index in [1.54, 1.807) is 0 Å². The first-order valence-corrected chi connectivity index (χ1v) is 8.63. The van der Waals surface area contributed by atoms with Crippen molar-refractivity contribution in [2.75, 3.05) is 6.54 Å². The van der Waals surface area contributed by atoms with Gasteiger partial charge in [0.1, 0.15) is 5.82 Å². The Kier molecular flexibility index (Phi) is 3.31. The third-order valence-electron chi connectivity index (χ3n) is 4.58. The highest BCUT2D eigenvalue weighted by molar-refractivity contribution is 7.12. The molecule has 0 unspecified atom stereocenters. The van der Waals surface area contributed by atoms with E-state index in [1.807, 2.05) is 11.3 Å². The first-order valence-electron chi connectivity index (χ1n) is 7.82. The Morgan fingerprint density at radius 1 is 1.33 bits per heavy atom. The summed E-state index contributed by atoms with van der Waals surface area (Å²) in [5, 5.41) is 0. The summed E-state index contributed by atoms with van der Waals surface area (Å²) in [6.45, 7) is 7.57. The van der Waals surface area contributed by atoms with Crippen LogP contribution in [0.25, 0.3) is 0 Å². The second kappa shape index (κ2) is 5.18. The Bertz CT molecular complexity index is 653. The molecule has 0 N–H and O–H groups in total. The molecule has 3 heterocycles. The first kappa shape index (κ1) is 13.4. The van der Waals surface area contributed by atoms with Crippen LogP contribution in [0.1, 0.15) is 51.2 Å². The van der Waals surface area contributed by atoms with Gasteiger partial charge in [-0.25, -0.2) is 9.97 Å². The predicted molar refractivity (Wildman–Crippen MR) is 85.6 cm³/mol. The molecule has 2 aliphatic rings. The van der Waals surface area contributed by atoms with Gasteiger partial charge in [0.15, 0.2) is 0 Å². The van der Waals surface area contributed by atoms with E-state index in [4.69, 9.17) is 4.98 Å². The van der Waals surface area contributed by atoms with E-state index < -0.39 is 0 Å². The van der Waals surface area contributed by atoms with E-state index in [0.29, 0.717) is 5.92 Å². The fourth-order valence-corrected chi connectivity index (χ4v) is 4.09. The average Bonchev–Trinajstić information content (AvgIpc) is 3.26. The van der Waals surface area contributed by atoms with Crippen LogP contribution in [0, 0.1) is 13.8 Å². The van der Waals surface area contributed by atoms with E-state index in [-0.39, 0.29) is 0 Å². The third kappa shape index (κ3) is 2.74. The zero-order chi connectivity index (χ0) is 14.4. The molecule has 0 aromatic carbocycles. The van der Waals surface area contributed by atoms with Gasteiger partial charge in [0.05, 0.1) is 5.69 Å². The van der Waals surface area contributed by atoms with Crippen molar-refractivity contribution in [3.8, 4) is 0 Å².